The SMILES string of the molecule is CCOc1ccc(Nc2cccc(NC)n2)cc1OCC. The van der Waals surface area contributed by atoms with Crippen LogP contribution in [-0.2, 0) is 0 Å². The highest BCUT2D eigenvalue weighted by Gasteiger charge is 2.06. The van der Waals surface area contributed by atoms with Crippen molar-refractivity contribution in [2.45, 2.75) is 13.8 Å². The molecule has 5 nitrogen and oxygen atoms in total. The second-order valence-corrected chi connectivity index (χ2v) is 4.31. The van der Waals surface area contributed by atoms with Crippen LogP contribution in [0.5, 0.6) is 11.5 Å². The molecule has 1 aromatic carbocycles. The topological polar surface area (TPSA) is 55.4 Å². The van der Waals surface area contributed by atoms with Crippen molar-refractivity contribution in [3.63, 3.8) is 0 Å². The Bertz CT molecular complexity index is 587. The Labute approximate surface area is 125 Å². The predicted octanol–water partition coefficient (Wildman–Crippen LogP) is 3.66. The van der Waals surface area contributed by atoms with Gasteiger partial charge < -0.3 is 20.1 Å². The first-order chi connectivity index (χ1) is 10.3. The smallest absolute Gasteiger partial charge is 0.163 e. The number of nitrogens with zero attached hydrogens (tertiary/aromatic N) is 1. The number of hydrogen-bond acceptors (Lipinski definition) is 5. The zero-order valence-electron chi connectivity index (χ0n) is 12.6. The van der Waals surface area contributed by atoms with Crippen LogP contribution < -0.4 is 20.1 Å². The van der Waals surface area contributed by atoms with Gasteiger partial charge in [-0.25, -0.2) is 4.98 Å². The number of aromatic nitrogens is 1. The van der Waals surface area contributed by atoms with Crippen LogP contribution in [0.2, 0.25) is 0 Å². The summed E-state index contributed by atoms with van der Waals surface area (Å²) in [6.07, 6.45) is 0. The number of rotatable bonds is 7. The molecule has 21 heavy (non-hydrogen) atoms. The largest absolute Gasteiger partial charge is 0.490 e. The molecule has 0 unspecified atom stereocenters. The van der Waals surface area contributed by atoms with Gasteiger partial charge in [0.25, 0.3) is 0 Å². The number of nitrogens with one attached hydrogen (secondary N) is 2. The van der Waals surface area contributed by atoms with Gasteiger partial charge in [-0.15, -0.1) is 0 Å². The van der Waals surface area contributed by atoms with Crippen molar-refractivity contribution in [1.82, 2.24) is 4.98 Å². The van der Waals surface area contributed by atoms with Crippen LogP contribution in [0.15, 0.2) is 36.4 Å². The molecule has 0 atom stereocenters. The van der Waals surface area contributed by atoms with Crippen LogP contribution in [0, 0.1) is 0 Å². The second-order valence-electron chi connectivity index (χ2n) is 4.31. The number of benzene rings is 1. The highest BCUT2D eigenvalue weighted by Crippen LogP contribution is 2.31. The van der Waals surface area contributed by atoms with Crippen molar-refractivity contribution < 1.29 is 9.47 Å². The highest BCUT2D eigenvalue weighted by molar-refractivity contribution is 5.62. The molecule has 0 saturated heterocycles. The van der Waals surface area contributed by atoms with E-state index in [2.05, 4.69) is 15.6 Å². The van der Waals surface area contributed by atoms with Gasteiger partial charge in [0, 0.05) is 18.8 Å². The molecule has 1 aromatic heterocycles. The van der Waals surface area contributed by atoms with E-state index in [9.17, 15) is 0 Å². The van der Waals surface area contributed by atoms with Crippen molar-refractivity contribution in [3.8, 4) is 11.5 Å². The molecule has 0 bridgehead atoms. The molecule has 0 aliphatic heterocycles. The summed E-state index contributed by atoms with van der Waals surface area (Å²) in [5.74, 6) is 3.07. The van der Waals surface area contributed by atoms with E-state index in [1.54, 1.807) is 0 Å². The van der Waals surface area contributed by atoms with Crippen LogP contribution in [0.1, 0.15) is 13.8 Å². The maximum absolute atomic E-state index is 5.62. The van der Waals surface area contributed by atoms with Gasteiger partial charge in [-0.2, -0.15) is 0 Å². The van der Waals surface area contributed by atoms with Crippen molar-refractivity contribution in [2.24, 2.45) is 0 Å². The van der Waals surface area contributed by atoms with Gasteiger partial charge in [-0.1, -0.05) is 6.07 Å². The Morgan fingerprint density at radius 1 is 0.952 bits per heavy atom. The predicted molar refractivity (Wildman–Crippen MR) is 85.8 cm³/mol. The van der Waals surface area contributed by atoms with Crippen LogP contribution in [0.25, 0.3) is 0 Å². The lowest BCUT2D eigenvalue weighted by atomic mass is 10.2. The molecule has 0 amide bonds. The third-order valence-electron chi connectivity index (χ3n) is 2.82. The first kappa shape index (κ1) is 15.0. The third kappa shape index (κ3) is 4.02. The summed E-state index contributed by atoms with van der Waals surface area (Å²) in [4.78, 5) is 4.43. The number of ether oxygens (including phenoxy) is 2. The van der Waals surface area contributed by atoms with Gasteiger partial charge in [-0.05, 0) is 38.1 Å². The van der Waals surface area contributed by atoms with E-state index in [0.29, 0.717) is 13.2 Å². The normalized spacial score (nSPS) is 10.0. The fourth-order valence-electron chi connectivity index (χ4n) is 1.92. The highest BCUT2D eigenvalue weighted by atomic mass is 16.5. The Hall–Kier alpha value is -2.43. The molecule has 2 rings (SSSR count). The molecule has 0 saturated carbocycles. The Morgan fingerprint density at radius 2 is 1.67 bits per heavy atom. The second kappa shape index (κ2) is 7.38. The van der Waals surface area contributed by atoms with Gasteiger partial charge in [0.05, 0.1) is 13.2 Å². The van der Waals surface area contributed by atoms with E-state index in [1.807, 2.05) is 57.3 Å². The lowest BCUT2D eigenvalue weighted by Crippen LogP contribution is -2.00. The monoisotopic (exact) mass is 287 g/mol. The maximum atomic E-state index is 5.62. The van der Waals surface area contributed by atoms with Crippen molar-refractivity contribution in [1.29, 1.82) is 0 Å². The van der Waals surface area contributed by atoms with Crippen molar-refractivity contribution >= 4 is 17.3 Å². The molecular formula is C16H21N3O2. The Kier molecular flexibility index (Phi) is 5.26. The van der Waals surface area contributed by atoms with E-state index in [1.165, 1.54) is 0 Å². The quantitative estimate of drug-likeness (QED) is 0.814. The van der Waals surface area contributed by atoms with E-state index in [4.69, 9.17) is 9.47 Å². The van der Waals surface area contributed by atoms with Crippen molar-refractivity contribution in [2.75, 3.05) is 30.9 Å². The van der Waals surface area contributed by atoms with Crippen molar-refractivity contribution in [3.05, 3.63) is 36.4 Å². The zero-order chi connectivity index (χ0) is 15.1. The minimum absolute atomic E-state index is 0.594. The average Bonchev–Trinajstić information content (AvgIpc) is 2.50. The number of anilines is 3. The fraction of sp³-hybridized carbons (Fsp3) is 0.312. The molecule has 2 aromatic rings. The van der Waals surface area contributed by atoms with Gasteiger partial charge in [0.15, 0.2) is 11.5 Å². The molecule has 0 aliphatic rings. The standard InChI is InChI=1S/C16H21N3O2/c1-4-20-13-10-9-12(11-14(13)21-5-2)18-16-8-6-7-15(17-3)19-16/h6-11H,4-5H2,1-3H3,(H2,17,18,19). The first-order valence-electron chi connectivity index (χ1n) is 7.08. The number of pyridine rings is 1. The van der Waals surface area contributed by atoms with Gasteiger partial charge in [0.1, 0.15) is 11.6 Å². The molecule has 0 radical (unpaired) electrons. The summed E-state index contributed by atoms with van der Waals surface area (Å²) in [6.45, 7) is 5.11. The average molecular weight is 287 g/mol. The Morgan fingerprint density at radius 3 is 2.38 bits per heavy atom. The summed E-state index contributed by atoms with van der Waals surface area (Å²) in [6, 6.07) is 11.5. The van der Waals surface area contributed by atoms with Gasteiger partial charge in [0.2, 0.25) is 0 Å². The summed E-state index contributed by atoms with van der Waals surface area (Å²) < 4.78 is 11.2. The van der Waals surface area contributed by atoms with Crippen LogP contribution in [0.3, 0.4) is 0 Å². The van der Waals surface area contributed by atoms with E-state index >= 15 is 0 Å². The minimum atomic E-state index is 0.594. The van der Waals surface area contributed by atoms with E-state index < -0.39 is 0 Å². The zero-order valence-corrected chi connectivity index (χ0v) is 12.6. The molecule has 0 aliphatic carbocycles. The maximum Gasteiger partial charge on any atom is 0.163 e. The lowest BCUT2D eigenvalue weighted by molar-refractivity contribution is 0.288. The fourth-order valence-corrected chi connectivity index (χ4v) is 1.92. The van der Waals surface area contributed by atoms with E-state index in [-0.39, 0.29) is 0 Å². The minimum Gasteiger partial charge on any atom is -0.490 e. The van der Waals surface area contributed by atoms with Gasteiger partial charge in [-0.3, -0.25) is 0 Å². The van der Waals surface area contributed by atoms with Crippen LogP contribution >= 0.6 is 0 Å². The van der Waals surface area contributed by atoms with E-state index in [0.717, 1.165) is 28.8 Å². The summed E-state index contributed by atoms with van der Waals surface area (Å²) >= 11 is 0. The molecule has 1 heterocycles. The summed E-state index contributed by atoms with van der Waals surface area (Å²) in [5.41, 5.74) is 0.905. The molecule has 0 spiro atoms. The molecule has 112 valence electrons. The number of hydrogen-bond donors (Lipinski definition) is 2. The summed E-state index contributed by atoms with van der Waals surface area (Å²) in [5, 5.41) is 6.27. The lowest BCUT2D eigenvalue weighted by Gasteiger charge is -2.13. The summed E-state index contributed by atoms with van der Waals surface area (Å²) in [7, 11) is 1.84. The first-order valence-corrected chi connectivity index (χ1v) is 7.08. The van der Waals surface area contributed by atoms with Gasteiger partial charge >= 0.3 is 0 Å². The third-order valence-corrected chi connectivity index (χ3v) is 2.82. The Balaban J connectivity index is 2.21. The molecular weight excluding hydrogens is 266 g/mol. The molecule has 5 heteroatoms. The molecule has 0 fully saturated rings. The van der Waals surface area contributed by atoms with Crippen LogP contribution in [-0.4, -0.2) is 25.2 Å². The molecule has 2 N–H and O–H groups in total. The van der Waals surface area contributed by atoms with Crippen LogP contribution in [0.4, 0.5) is 17.3 Å².